The molecular formula is C16H16ClN3O2. The predicted octanol–water partition coefficient (Wildman–Crippen LogP) is 1.76. The van der Waals surface area contributed by atoms with E-state index in [1.165, 1.54) is 0 Å². The third-order valence-corrected chi connectivity index (χ3v) is 4.78. The Morgan fingerprint density at radius 1 is 1.41 bits per heavy atom. The van der Waals surface area contributed by atoms with E-state index in [0.717, 1.165) is 22.0 Å². The first-order valence-electron chi connectivity index (χ1n) is 7.34. The molecule has 0 unspecified atom stereocenters. The number of hydrogen-bond acceptors (Lipinski definition) is 4. The first-order valence-corrected chi connectivity index (χ1v) is 7.72. The van der Waals surface area contributed by atoms with Crippen LogP contribution in [0, 0.1) is 6.92 Å². The Balaban J connectivity index is 1.80. The lowest BCUT2D eigenvalue weighted by molar-refractivity contribution is -0.121. The quantitative estimate of drug-likeness (QED) is 0.787. The normalized spacial score (nSPS) is 28.1. The van der Waals surface area contributed by atoms with Gasteiger partial charge in [0, 0.05) is 17.5 Å². The predicted molar refractivity (Wildman–Crippen MR) is 83.5 cm³/mol. The van der Waals surface area contributed by atoms with E-state index in [0.29, 0.717) is 18.1 Å². The summed E-state index contributed by atoms with van der Waals surface area (Å²) in [6.07, 6.45) is -0.312. The molecule has 0 aliphatic carbocycles. The van der Waals surface area contributed by atoms with Gasteiger partial charge < -0.3 is 10.4 Å². The molecule has 2 aliphatic heterocycles. The van der Waals surface area contributed by atoms with Gasteiger partial charge >= 0.3 is 0 Å². The van der Waals surface area contributed by atoms with Crippen LogP contribution in [0.3, 0.4) is 0 Å². The number of carbonyl (C=O) groups is 1. The second-order valence-corrected chi connectivity index (χ2v) is 6.44. The van der Waals surface area contributed by atoms with Crippen LogP contribution in [0.15, 0.2) is 24.3 Å². The molecule has 0 bridgehead atoms. The van der Waals surface area contributed by atoms with Gasteiger partial charge in [0.15, 0.2) is 0 Å². The maximum absolute atomic E-state index is 12.1. The summed E-state index contributed by atoms with van der Waals surface area (Å²) in [5.41, 5.74) is 2.76. The first-order chi connectivity index (χ1) is 10.5. The molecule has 1 amide bonds. The van der Waals surface area contributed by atoms with Crippen LogP contribution >= 0.6 is 11.6 Å². The molecule has 2 fully saturated rings. The molecule has 3 heterocycles. The Morgan fingerprint density at radius 2 is 2.23 bits per heavy atom. The van der Waals surface area contributed by atoms with Crippen molar-refractivity contribution in [3.05, 3.63) is 40.5 Å². The fourth-order valence-corrected chi connectivity index (χ4v) is 3.68. The van der Waals surface area contributed by atoms with Gasteiger partial charge in [-0.2, -0.15) is 0 Å². The number of fused-ring (bicyclic) bond motifs is 2. The highest BCUT2D eigenvalue weighted by Gasteiger charge is 2.47. The first kappa shape index (κ1) is 13.9. The summed E-state index contributed by atoms with van der Waals surface area (Å²) >= 11 is 6.35. The summed E-state index contributed by atoms with van der Waals surface area (Å²) in [5, 5.41) is 14.2. The topological polar surface area (TPSA) is 65.5 Å². The molecule has 1 aromatic heterocycles. The van der Waals surface area contributed by atoms with Gasteiger partial charge in [0.25, 0.3) is 0 Å². The zero-order valence-electron chi connectivity index (χ0n) is 12.1. The summed E-state index contributed by atoms with van der Waals surface area (Å²) < 4.78 is 0. The smallest absolute Gasteiger partial charge is 0.239 e. The largest absolute Gasteiger partial charge is 0.392 e. The second kappa shape index (κ2) is 4.91. The minimum absolute atomic E-state index is 0.0537. The highest BCUT2D eigenvalue weighted by Crippen LogP contribution is 2.36. The Kier molecular flexibility index (Phi) is 3.11. The van der Waals surface area contributed by atoms with Gasteiger partial charge in [0.1, 0.15) is 11.3 Å². The third kappa shape index (κ3) is 2.08. The van der Waals surface area contributed by atoms with Crippen molar-refractivity contribution in [2.45, 2.75) is 31.7 Å². The van der Waals surface area contributed by atoms with Crippen LogP contribution in [-0.4, -0.2) is 39.6 Å². The maximum Gasteiger partial charge on any atom is 0.239 e. The second-order valence-electron chi connectivity index (χ2n) is 6.08. The fraction of sp³-hybridized carbons (Fsp3) is 0.375. The number of halogens is 1. The van der Waals surface area contributed by atoms with E-state index in [2.05, 4.69) is 16.4 Å². The summed E-state index contributed by atoms with van der Waals surface area (Å²) in [4.78, 5) is 18.5. The van der Waals surface area contributed by atoms with Gasteiger partial charge in [-0.25, -0.2) is 4.98 Å². The number of aliphatic hydroxyl groups excluding tert-OH is 1. The molecular weight excluding hydrogens is 302 g/mol. The van der Waals surface area contributed by atoms with Crippen LogP contribution in [-0.2, 0) is 4.79 Å². The number of nitrogens with zero attached hydrogens (tertiary/aromatic N) is 2. The summed E-state index contributed by atoms with van der Waals surface area (Å²) in [6.45, 7) is 2.49. The number of benzene rings is 1. The molecule has 5 nitrogen and oxygen atoms in total. The number of hydrogen-bond donors (Lipinski definition) is 2. The van der Waals surface area contributed by atoms with Gasteiger partial charge in [0.05, 0.1) is 17.7 Å². The minimum Gasteiger partial charge on any atom is -0.392 e. The van der Waals surface area contributed by atoms with Crippen molar-refractivity contribution in [3.63, 3.8) is 0 Å². The van der Waals surface area contributed by atoms with Crippen molar-refractivity contribution >= 4 is 28.4 Å². The van der Waals surface area contributed by atoms with Crippen molar-refractivity contribution in [1.82, 2.24) is 15.2 Å². The fourth-order valence-electron chi connectivity index (χ4n) is 3.43. The summed E-state index contributed by atoms with van der Waals surface area (Å²) in [6, 6.07) is 7.69. The lowest BCUT2D eigenvalue weighted by atomic mass is 10.1. The molecule has 0 saturated carbocycles. The number of aliphatic hydroxyl groups is 1. The van der Waals surface area contributed by atoms with Crippen LogP contribution in [0.1, 0.15) is 23.7 Å². The monoisotopic (exact) mass is 317 g/mol. The summed E-state index contributed by atoms with van der Waals surface area (Å²) in [5.74, 6) is -0.0537. The van der Waals surface area contributed by atoms with Crippen LogP contribution in [0.5, 0.6) is 0 Å². The molecule has 2 aliphatic rings. The highest BCUT2D eigenvalue weighted by atomic mass is 35.5. The van der Waals surface area contributed by atoms with Crippen molar-refractivity contribution in [3.8, 4) is 0 Å². The Labute approximate surface area is 132 Å². The van der Waals surface area contributed by atoms with Gasteiger partial charge in [0.2, 0.25) is 5.91 Å². The van der Waals surface area contributed by atoms with Gasteiger partial charge in [-0.1, -0.05) is 23.2 Å². The molecule has 114 valence electrons. The molecule has 2 N–H and O–H groups in total. The van der Waals surface area contributed by atoms with E-state index in [4.69, 9.17) is 11.6 Å². The Morgan fingerprint density at radius 3 is 3.05 bits per heavy atom. The number of nitrogens with one attached hydrogen (secondary N) is 1. The SMILES string of the molecule is Cc1ccc2nc(Cl)c([C@@H]3NC(=O)[C@@H]4C[C@@H](O)CN43)cc2c1. The van der Waals surface area contributed by atoms with E-state index in [-0.39, 0.29) is 18.1 Å². The molecule has 2 aromatic rings. The Bertz CT molecular complexity index is 779. The number of rotatable bonds is 1. The molecule has 1 aromatic carbocycles. The van der Waals surface area contributed by atoms with E-state index in [9.17, 15) is 9.90 Å². The zero-order valence-corrected chi connectivity index (χ0v) is 12.8. The van der Waals surface area contributed by atoms with Gasteiger partial charge in [-0.15, -0.1) is 0 Å². The Hall–Kier alpha value is -1.69. The summed E-state index contributed by atoms with van der Waals surface area (Å²) in [7, 11) is 0. The molecule has 0 radical (unpaired) electrons. The maximum atomic E-state index is 12.1. The minimum atomic E-state index is -0.465. The number of aromatic nitrogens is 1. The number of amides is 1. The molecule has 0 spiro atoms. The third-order valence-electron chi connectivity index (χ3n) is 4.48. The molecule has 22 heavy (non-hydrogen) atoms. The lowest BCUT2D eigenvalue weighted by Gasteiger charge is -2.23. The van der Waals surface area contributed by atoms with Crippen molar-refractivity contribution in [2.24, 2.45) is 0 Å². The standard InChI is InChI=1S/C16H16ClN3O2/c1-8-2-3-12-9(4-8)5-11(14(17)18-12)15-19-16(22)13-6-10(21)7-20(13)15/h2-5,10,13,15,21H,6-7H2,1H3,(H,19,22)/t10-,13+,15-/m1/s1. The van der Waals surface area contributed by atoms with E-state index >= 15 is 0 Å². The van der Waals surface area contributed by atoms with Crippen LogP contribution in [0.2, 0.25) is 5.15 Å². The van der Waals surface area contributed by atoms with E-state index in [1.807, 2.05) is 30.0 Å². The molecule has 3 atom stereocenters. The number of carbonyl (C=O) groups excluding carboxylic acids is 1. The molecule has 4 rings (SSSR count). The van der Waals surface area contributed by atoms with Crippen LogP contribution in [0.4, 0.5) is 0 Å². The lowest BCUT2D eigenvalue weighted by Crippen LogP contribution is -2.30. The highest BCUT2D eigenvalue weighted by molar-refractivity contribution is 6.30. The van der Waals surface area contributed by atoms with Crippen LogP contribution in [0.25, 0.3) is 10.9 Å². The van der Waals surface area contributed by atoms with E-state index < -0.39 is 6.10 Å². The van der Waals surface area contributed by atoms with Crippen molar-refractivity contribution < 1.29 is 9.90 Å². The average Bonchev–Trinajstić information content (AvgIpc) is 2.98. The molecule has 2 saturated heterocycles. The van der Waals surface area contributed by atoms with E-state index in [1.54, 1.807) is 0 Å². The number of aryl methyl sites for hydroxylation is 1. The van der Waals surface area contributed by atoms with Gasteiger partial charge in [-0.3, -0.25) is 9.69 Å². The average molecular weight is 318 g/mol. The van der Waals surface area contributed by atoms with Crippen molar-refractivity contribution in [1.29, 1.82) is 0 Å². The van der Waals surface area contributed by atoms with Crippen molar-refractivity contribution in [2.75, 3.05) is 6.54 Å². The van der Waals surface area contributed by atoms with Crippen LogP contribution < -0.4 is 5.32 Å². The number of pyridine rings is 1. The van der Waals surface area contributed by atoms with Gasteiger partial charge in [-0.05, 0) is 31.5 Å². The molecule has 6 heteroatoms. The zero-order chi connectivity index (χ0) is 15.4.